The van der Waals surface area contributed by atoms with E-state index in [-0.39, 0.29) is 0 Å². The quantitative estimate of drug-likeness (QED) is 0.753. The largest absolute Gasteiger partial charge is 0.383 e. The van der Waals surface area contributed by atoms with Crippen LogP contribution in [0.15, 0.2) is 23.7 Å². The van der Waals surface area contributed by atoms with Crippen LogP contribution in [0.25, 0.3) is 0 Å². The fourth-order valence-corrected chi connectivity index (χ4v) is 2.65. The van der Waals surface area contributed by atoms with Crippen LogP contribution >= 0.6 is 11.3 Å². The monoisotopic (exact) mass is 279 g/mol. The summed E-state index contributed by atoms with van der Waals surface area (Å²) in [6, 6.07) is 4.28. The molecular weight excluding hydrogens is 258 g/mol. The van der Waals surface area contributed by atoms with E-state index >= 15 is 0 Å². The van der Waals surface area contributed by atoms with Crippen molar-refractivity contribution >= 4 is 11.3 Å². The Kier molecular flexibility index (Phi) is 5.57. The van der Waals surface area contributed by atoms with Gasteiger partial charge < -0.3 is 10.1 Å². The zero-order valence-electron chi connectivity index (χ0n) is 11.6. The maximum Gasteiger partial charge on any atom is 0.0587 e. The second kappa shape index (κ2) is 7.43. The standard InChI is InChI=1S/C14H21N3OS/c1-12-13(10-15-6-8-18-2)11-16-17(12)7-5-14-4-3-9-19-14/h3-4,9,11,15H,5-8,10H2,1-2H3. The van der Waals surface area contributed by atoms with Crippen molar-refractivity contribution in [2.24, 2.45) is 0 Å². The first kappa shape index (κ1) is 14.2. The number of hydrogen-bond donors (Lipinski definition) is 1. The van der Waals surface area contributed by atoms with Crippen LogP contribution in [-0.4, -0.2) is 30.0 Å². The molecule has 0 fully saturated rings. The van der Waals surface area contributed by atoms with Crippen LogP contribution in [0.3, 0.4) is 0 Å². The number of hydrogen-bond acceptors (Lipinski definition) is 4. The molecule has 2 rings (SSSR count). The Bertz CT molecular complexity index is 479. The maximum atomic E-state index is 5.01. The Hall–Kier alpha value is -1.17. The number of aromatic nitrogens is 2. The normalized spacial score (nSPS) is 11.1. The summed E-state index contributed by atoms with van der Waals surface area (Å²) >= 11 is 1.81. The molecule has 0 spiro atoms. The molecule has 0 saturated heterocycles. The van der Waals surface area contributed by atoms with Crippen molar-refractivity contribution in [3.05, 3.63) is 39.8 Å². The topological polar surface area (TPSA) is 39.1 Å². The third-order valence-corrected chi connectivity index (χ3v) is 4.09. The molecule has 104 valence electrons. The highest BCUT2D eigenvalue weighted by Gasteiger charge is 2.06. The van der Waals surface area contributed by atoms with E-state index in [1.807, 2.05) is 6.20 Å². The van der Waals surface area contributed by atoms with E-state index < -0.39 is 0 Å². The van der Waals surface area contributed by atoms with E-state index in [0.717, 1.165) is 32.7 Å². The first-order chi connectivity index (χ1) is 9.31. The molecule has 0 amide bonds. The van der Waals surface area contributed by atoms with Crippen molar-refractivity contribution in [2.75, 3.05) is 20.3 Å². The van der Waals surface area contributed by atoms with Gasteiger partial charge in [0.05, 0.1) is 12.8 Å². The van der Waals surface area contributed by atoms with Gasteiger partial charge in [-0.2, -0.15) is 5.10 Å². The van der Waals surface area contributed by atoms with Gasteiger partial charge >= 0.3 is 0 Å². The number of rotatable bonds is 8. The van der Waals surface area contributed by atoms with Gasteiger partial charge in [0.25, 0.3) is 0 Å². The van der Waals surface area contributed by atoms with Gasteiger partial charge in [0.1, 0.15) is 0 Å². The molecule has 4 nitrogen and oxygen atoms in total. The van der Waals surface area contributed by atoms with Crippen molar-refractivity contribution in [3.63, 3.8) is 0 Å². The maximum absolute atomic E-state index is 5.01. The molecule has 0 radical (unpaired) electrons. The summed E-state index contributed by atoms with van der Waals surface area (Å²) in [5.74, 6) is 0. The lowest BCUT2D eigenvalue weighted by Gasteiger charge is -2.06. The molecule has 1 N–H and O–H groups in total. The molecule has 0 atom stereocenters. The molecule has 0 saturated carbocycles. The van der Waals surface area contributed by atoms with Crippen LogP contribution in [0.4, 0.5) is 0 Å². The summed E-state index contributed by atoms with van der Waals surface area (Å²) < 4.78 is 7.10. The fraction of sp³-hybridized carbons (Fsp3) is 0.500. The molecule has 5 heteroatoms. The summed E-state index contributed by atoms with van der Waals surface area (Å²) in [6.07, 6.45) is 3.01. The lowest BCUT2D eigenvalue weighted by Crippen LogP contribution is -2.19. The molecule has 0 aliphatic rings. The Morgan fingerprint density at radius 2 is 2.37 bits per heavy atom. The van der Waals surface area contributed by atoms with E-state index in [0.29, 0.717) is 0 Å². The zero-order chi connectivity index (χ0) is 13.5. The van der Waals surface area contributed by atoms with Gasteiger partial charge in [-0.3, -0.25) is 4.68 Å². The Labute approximate surface area is 118 Å². The molecule has 2 aromatic heterocycles. The summed E-state index contributed by atoms with van der Waals surface area (Å²) in [5.41, 5.74) is 2.52. The number of methoxy groups -OCH3 is 1. The predicted molar refractivity (Wildman–Crippen MR) is 78.6 cm³/mol. The summed E-state index contributed by atoms with van der Waals surface area (Å²) in [5, 5.41) is 9.94. The van der Waals surface area contributed by atoms with Crippen molar-refractivity contribution in [3.8, 4) is 0 Å². The SMILES string of the molecule is COCCNCc1cnn(CCc2cccs2)c1C. The summed E-state index contributed by atoms with van der Waals surface area (Å²) in [7, 11) is 1.72. The van der Waals surface area contributed by atoms with Crippen LogP contribution in [0.5, 0.6) is 0 Å². The minimum Gasteiger partial charge on any atom is -0.383 e. The minimum absolute atomic E-state index is 0.742. The molecule has 2 heterocycles. The van der Waals surface area contributed by atoms with Crippen LogP contribution in [0, 0.1) is 6.92 Å². The highest BCUT2D eigenvalue weighted by molar-refractivity contribution is 7.09. The Morgan fingerprint density at radius 1 is 1.47 bits per heavy atom. The van der Waals surface area contributed by atoms with E-state index in [2.05, 4.69) is 39.5 Å². The van der Waals surface area contributed by atoms with Crippen LogP contribution in [0.1, 0.15) is 16.1 Å². The van der Waals surface area contributed by atoms with E-state index in [1.54, 1.807) is 18.4 Å². The average molecular weight is 279 g/mol. The number of thiophene rings is 1. The van der Waals surface area contributed by atoms with Gasteiger partial charge in [0.2, 0.25) is 0 Å². The highest BCUT2D eigenvalue weighted by atomic mass is 32.1. The van der Waals surface area contributed by atoms with Crippen molar-refractivity contribution in [1.29, 1.82) is 0 Å². The lowest BCUT2D eigenvalue weighted by molar-refractivity contribution is 0.199. The number of aryl methyl sites for hydroxylation is 2. The number of nitrogens with one attached hydrogen (secondary N) is 1. The van der Waals surface area contributed by atoms with Gasteiger partial charge in [-0.25, -0.2) is 0 Å². The third kappa shape index (κ3) is 4.16. The molecule has 2 aromatic rings. The smallest absolute Gasteiger partial charge is 0.0587 e. The molecule has 0 aliphatic heterocycles. The molecular formula is C14H21N3OS. The Morgan fingerprint density at radius 3 is 3.11 bits per heavy atom. The third-order valence-electron chi connectivity index (χ3n) is 3.15. The van der Waals surface area contributed by atoms with Crippen LogP contribution < -0.4 is 5.32 Å². The molecule has 0 unspecified atom stereocenters. The zero-order valence-corrected chi connectivity index (χ0v) is 12.4. The van der Waals surface area contributed by atoms with Gasteiger partial charge in [0, 0.05) is 49.3 Å². The summed E-state index contributed by atoms with van der Waals surface area (Å²) in [4.78, 5) is 1.41. The molecule has 0 bridgehead atoms. The minimum atomic E-state index is 0.742. The van der Waals surface area contributed by atoms with Gasteiger partial charge in [0.15, 0.2) is 0 Å². The van der Waals surface area contributed by atoms with Crippen LogP contribution in [-0.2, 0) is 24.2 Å². The first-order valence-electron chi connectivity index (χ1n) is 6.54. The second-order valence-corrected chi connectivity index (χ2v) is 5.51. The van der Waals surface area contributed by atoms with Gasteiger partial charge in [-0.1, -0.05) is 6.07 Å². The van der Waals surface area contributed by atoms with E-state index in [1.165, 1.54) is 16.1 Å². The van der Waals surface area contributed by atoms with Crippen molar-refractivity contribution in [1.82, 2.24) is 15.1 Å². The first-order valence-corrected chi connectivity index (χ1v) is 7.42. The fourth-order valence-electron chi connectivity index (χ4n) is 1.95. The molecule has 0 aliphatic carbocycles. The molecule has 19 heavy (non-hydrogen) atoms. The number of ether oxygens (including phenoxy) is 1. The Balaban J connectivity index is 1.83. The number of nitrogens with zero attached hydrogens (tertiary/aromatic N) is 2. The van der Waals surface area contributed by atoms with Gasteiger partial charge in [-0.05, 0) is 18.4 Å². The van der Waals surface area contributed by atoms with E-state index in [4.69, 9.17) is 4.74 Å². The molecule has 0 aromatic carbocycles. The van der Waals surface area contributed by atoms with Crippen molar-refractivity contribution < 1.29 is 4.74 Å². The van der Waals surface area contributed by atoms with Crippen molar-refractivity contribution in [2.45, 2.75) is 26.4 Å². The van der Waals surface area contributed by atoms with Crippen LogP contribution in [0.2, 0.25) is 0 Å². The highest BCUT2D eigenvalue weighted by Crippen LogP contribution is 2.12. The van der Waals surface area contributed by atoms with Gasteiger partial charge in [-0.15, -0.1) is 11.3 Å². The summed E-state index contributed by atoms with van der Waals surface area (Å²) in [6.45, 7) is 5.55. The average Bonchev–Trinajstić information content (AvgIpc) is 3.04. The van der Waals surface area contributed by atoms with E-state index in [9.17, 15) is 0 Å². The lowest BCUT2D eigenvalue weighted by atomic mass is 10.2. The predicted octanol–water partition coefficient (Wildman–Crippen LogP) is 2.23. The second-order valence-electron chi connectivity index (χ2n) is 4.48.